The molecule has 0 saturated carbocycles. The Kier molecular flexibility index (Phi) is 2.12. The van der Waals surface area contributed by atoms with Crippen LogP contribution in [0.15, 0.2) is 18.2 Å². The van der Waals surface area contributed by atoms with E-state index in [0.717, 1.165) is 0 Å². The Balaban J connectivity index is 2.62. The average Bonchev–Trinajstić information content (AvgIpc) is 2.05. The van der Waals surface area contributed by atoms with E-state index in [9.17, 15) is 13.2 Å². The molecule has 14 heavy (non-hydrogen) atoms. The van der Waals surface area contributed by atoms with Crippen LogP contribution >= 0.6 is 11.6 Å². The topological polar surface area (TPSA) is 51.2 Å². The molecular weight excluding hydrogens is 224 g/mol. The van der Waals surface area contributed by atoms with Gasteiger partial charge in [-0.05, 0) is 17.7 Å². The second-order valence-electron chi connectivity index (χ2n) is 3.26. The van der Waals surface area contributed by atoms with Gasteiger partial charge in [0, 0.05) is 10.6 Å². The highest BCUT2D eigenvalue weighted by atomic mass is 35.5. The number of halogens is 1. The van der Waals surface area contributed by atoms with Gasteiger partial charge in [-0.15, -0.1) is 0 Å². The Morgan fingerprint density at radius 1 is 1.21 bits per heavy atom. The standard InChI is InChI=1S/C9H7ClO3S/c10-7-2-1-6-4-14(12,13)5-9(11)8(6)3-7/h1-3H,4-5H2. The van der Waals surface area contributed by atoms with Crippen molar-refractivity contribution >= 4 is 27.2 Å². The number of sulfone groups is 1. The van der Waals surface area contributed by atoms with Gasteiger partial charge in [0.25, 0.3) is 0 Å². The Hall–Kier alpha value is -0.870. The lowest BCUT2D eigenvalue weighted by atomic mass is 10.1. The number of Topliss-reactive ketones (excluding diaryl/α,β-unsaturated/α-hetero) is 1. The van der Waals surface area contributed by atoms with Crippen LogP contribution in [0.2, 0.25) is 5.02 Å². The van der Waals surface area contributed by atoms with E-state index in [-0.39, 0.29) is 11.5 Å². The van der Waals surface area contributed by atoms with Gasteiger partial charge in [0.15, 0.2) is 15.6 Å². The van der Waals surface area contributed by atoms with Crippen molar-refractivity contribution in [3.05, 3.63) is 34.3 Å². The SMILES string of the molecule is O=C1CS(=O)(=O)Cc2ccc(Cl)cc21. The summed E-state index contributed by atoms with van der Waals surface area (Å²) in [4.78, 5) is 11.4. The molecule has 0 atom stereocenters. The minimum atomic E-state index is -3.25. The van der Waals surface area contributed by atoms with Gasteiger partial charge < -0.3 is 0 Å². The third-order valence-electron chi connectivity index (χ3n) is 2.10. The first-order valence-electron chi connectivity index (χ1n) is 4.00. The second kappa shape index (κ2) is 3.07. The van der Waals surface area contributed by atoms with Crippen LogP contribution in [0.3, 0.4) is 0 Å². The highest BCUT2D eigenvalue weighted by Crippen LogP contribution is 2.23. The number of carbonyl (C=O) groups is 1. The maximum atomic E-state index is 11.4. The summed E-state index contributed by atoms with van der Waals surface area (Å²) < 4.78 is 22.5. The van der Waals surface area contributed by atoms with Gasteiger partial charge in [-0.25, -0.2) is 8.42 Å². The zero-order chi connectivity index (χ0) is 10.3. The quantitative estimate of drug-likeness (QED) is 0.678. The summed E-state index contributed by atoms with van der Waals surface area (Å²) in [5.41, 5.74) is 0.984. The van der Waals surface area contributed by atoms with E-state index in [1.165, 1.54) is 6.07 Å². The molecule has 0 aromatic heterocycles. The first-order chi connectivity index (χ1) is 6.48. The van der Waals surface area contributed by atoms with E-state index in [0.29, 0.717) is 16.1 Å². The van der Waals surface area contributed by atoms with Gasteiger partial charge in [-0.1, -0.05) is 17.7 Å². The number of benzene rings is 1. The third-order valence-corrected chi connectivity index (χ3v) is 3.79. The largest absolute Gasteiger partial charge is 0.293 e. The number of rotatable bonds is 0. The summed E-state index contributed by atoms with van der Waals surface area (Å²) in [5, 5.41) is 0.455. The van der Waals surface area contributed by atoms with E-state index < -0.39 is 15.6 Å². The Morgan fingerprint density at radius 2 is 1.93 bits per heavy atom. The van der Waals surface area contributed by atoms with Gasteiger partial charge in [0.2, 0.25) is 0 Å². The smallest absolute Gasteiger partial charge is 0.178 e. The van der Waals surface area contributed by atoms with Crippen molar-refractivity contribution < 1.29 is 13.2 Å². The molecule has 0 saturated heterocycles. The maximum Gasteiger partial charge on any atom is 0.178 e. The summed E-state index contributed by atoms with van der Waals surface area (Å²) in [7, 11) is -3.25. The molecule has 5 heteroatoms. The van der Waals surface area contributed by atoms with Crippen LogP contribution in [0, 0.1) is 0 Å². The molecule has 0 bridgehead atoms. The van der Waals surface area contributed by atoms with Gasteiger partial charge in [-0.3, -0.25) is 4.79 Å². The average molecular weight is 231 g/mol. The third kappa shape index (κ3) is 1.67. The molecule has 1 aliphatic rings. The van der Waals surface area contributed by atoms with E-state index >= 15 is 0 Å². The van der Waals surface area contributed by atoms with Crippen LogP contribution in [-0.2, 0) is 15.6 Å². The number of hydrogen-bond acceptors (Lipinski definition) is 3. The minimum absolute atomic E-state index is 0.0642. The van der Waals surface area contributed by atoms with Crippen molar-refractivity contribution in [3.63, 3.8) is 0 Å². The van der Waals surface area contributed by atoms with E-state index in [2.05, 4.69) is 0 Å². The van der Waals surface area contributed by atoms with E-state index in [1.807, 2.05) is 0 Å². The first-order valence-corrected chi connectivity index (χ1v) is 6.20. The van der Waals surface area contributed by atoms with Crippen molar-refractivity contribution in [1.29, 1.82) is 0 Å². The minimum Gasteiger partial charge on any atom is -0.293 e. The molecule has 1 aromatic rings. The van der Waals surface area contributed by atoms with Gasteiger partial charge in [-0.2, -0.15) is 0 Å². The van der Waals surface area contributed by atoms with Crippen LogP contribution in [0.5, 0.6) is 0 Å². The van der Waals surface area contributed by atoms with Crippen molar-refractivity contribution in [2.24, 2.45) is 0 Å². The second-order valence-corrected chi connectivity index (χ2v) is 5.76. The zero-order valence-electron chi connectivity index (χ0n) is 7.16. The molecule has 0 spiro atoms. The fourth-order valence-electron chi connectivity index (χ4n) is 1.50. The predicted molar refractivity (Wildman–Crippen MR) is 53.3 cm³/mol. The molecule has 0 unspecified atom stereocenters. The van der Waals surface area contributed by atoms with Crippen molar-refractivity contribution in [3.8, 4) is 0 Å². The highest BCUT2D eigenvalue weighted by molar-refractivity contribution is 7.91. The fourth-order valence-corrected chi connectivity index (χ4v) is 3.05. The molecule has 3 nitrogen and oxygen atoms in total. The summed E-state index contributed by atoms with van der Waals surface area (Å²) in [5.74, 6) is -0.834. The van der Waals surface area contributed by atoms with Gasteiger partial charge in [0.05, 0.1) is 5.75 Å². The first kappa shape index (κ1) is 9.68. The van der Waals surface area contributed by atoms with Gasteiger partial charge in [0.1, 0.15) is 5.75 Å². The summed E-state index contributed by atoms with van der Waals surface area (Å²) >= 11 is 5.71. The normalized spacial score (nSPS) is 19.1. The highest BCUT2D eigenvalue weighted by Gasteiger charge is 2.27. The van der Waals surface area contributed by atoms with Crippen molar-refractivity contribution in [2.45, 2.75) is 5.75 Å². The molecule has 2 rings (SSSR count). The molecule has 1 aromatic carbocycles. The van der Waals surface area contributed by atoms with E-state index in [1.54, 1.807) is 12.1 Å². The number of hydrogen-bond donors (Lipinski definition) is 0. The zero-order valence-corrected chi connectivity index (χ0v) is 8.73. The molecule has 0 radical (unpaired) electrons. The maximum absolute atomic E-state index is 11.4. The summed E-state index contributed by atoms with van der Waals surface area (Å²) in [6.07, 6.45) is 0. The summed E-state index contributed by atoms with van der Waals surface area (Å²) in [6, 6.07) is 4.70. The predicted octanol–water partition coefficient (Wildman–Crippen LogP) is 1.45. The molecule has 74 valence electrons. The lowest BCUT2D eigenvalue weighted by molar-refractivity contribution is 0.101. The van der Waals surface area contributed by atoms with Crippen LogP contribution in [0.4, 0.5) is 0 Å². The molecule has 0 aliphatic carbocycles. The van der Waals surface area contributed by atoms with Crippen LogP contribution < -0.4 is 0 Å². The molecule has 0 fully saturated rings. The number of fused-ring (bicyclic) bond motifs is 1. The van der Waals surface area contributed by atoms with Crippen molar-refractivity contribution in [1.82, 2.24) is 0 Å². The molecule has 0 N–H and O–H groups in total. The molecule has 1 heterocycles. The Morgan fingerprint density at radius 3 is 2.64 bits per heavy atom. The lowest BCUT2D eigenvalue weighted by Gasteiger charge is -2.14. The van der Waals surface area contributed by atoms with Crippen LogP contribution in [0.25, 0.3) is 0 Å². The Labute approximate surface area is 86.6 Å². The molecule has 1 aliphatic heterocycles. The van der Waals surface area contributed by atoms with Crippen LogP contribution in [0.1, 0.15) is 15.9 Å². The summed E-state index contributed by atoms with van der Waals surface area (Å²) in [6.45, 7) is 0. The Bertz CT molecular complexity index is 505. The number of carbonyl (C=O) groups excluding carboxylic acids is 1. The van der Waals surface area contributed by atoms with Crippen LogP contribution in [-0.4, -0.2) is 20.0 Å². The van der Waals surface area contributed by atoms with E-state index in [4.69, 9.17) is 11.6 Å². The number of ketones is 1. The fraction of sp³-hybridized carbons (Fsp3) is 0.222. The van der Waals surface area contributed by atoms with Gasteiger partial charge >= 0.3 is 0 Å². The van der Waals surface area contributed by atoms with Crippen molar-refractivity contribution in [2.75, 3.05) is 5.75 Å². The molecule has 0 amide bonds. The monoisotopic (exact) mass is 230 g/mol. The lowest BCUT2D eigenvalue weighted by Crippen LogP contribution is -2.25. The molecular formula is C9H7ClO3S.